The van der Waals surface area contributed by atoms with Gasteiger partial charge < -0.3 is 5.11 Å². The van der Waals surface area contributed by atoms with Crippen molar-refractivity contribution in [2.45, 2.75) is 44.2 Å². The zero-order chi connectivity index (χ0) is 19.3. The summed E-state index contributed by atoms with van der Waals surface area (Å²) in [4.78, 5) is 24.8. The number of hydrogen-bond acceptors (Lipinski definition) is 3. The summed E-state index contributed by atoms with van der Waals surface area (Å²) in [6.07, 6.45) is 2.80. The van der Waals surface area contributed by atoms with Crippen LogP contribution < -0.4 is 0 Å². The predicted octanol–water partition coefficient (Wildman–Crippen LogP) is 4.37. The van der Waals surface area contributed by atoms with Crippen molar-refractivity contribution in [2.75, 3.05) is 0 Å². The van der Waals surface area contributed by atoms with Crippen molar-refractivity contribution in [1.82, 2.24) is 9.78 Å². The Hall–Kier alpha value is -1.48. The van der Waals surface area contributed by atoms with Crippen LogP contribution in [0.15, 0.2) is 18.2 Å². The lowest BCUT2D eigenvalue weighted by Crippen LogP contribution is -2.33. The van der Waals surface area contributed by atoms with Crippen LogP contribution in [-0.4, -0.2) is 26.8 Å². The molecule has 5 nitrogen and oxygen atoms in total. The van der Waals surface area contributed by atoms with Crippen LogP contribution in [0.25, 0.3) is 0 Å². The number of carboxylic acid groups (broad SMARTS) is 1. The van der Waals surface area contributed by atoms with Gasteiger partial charge in [0.1, 0.15) is 9.37 Å². The average Bonchev–Trinajstić information content (AvgIpc) is 2.95. The molecule has 0 radical (unpaired) electrons. The molecule has 1 aromatic carbocycles. The quantitative estimate of drug-likeness (QED) is 0.633. The largest absolute Gasteiger partial charge is 0.481 e. The van der Waals surface area contributed by atoms with E-state index in [0.29, 0.717) is 40.6 Å². The van der Waals surface area contributed by atoms with E-state index in [-0.39, 0.29) is 17.0 Å². The third kappa shape index (κ3) is 3.08. The fourth-order valence-electron chi connectivity index (χ4n) is 3.92. The normalized spacial score (nSPS) is 20.6. The minimum Gasteiger partial charge on any atom is -0.481 e. The molecule has 1 N–H and O–H groups in total. The number of aromatic nitrogens is 2. The number of benzene rings is 1. The Bertz CT molecular complexity index is 955. The fraction of sp³-hybridized carbons (Fsp3) is 0.421. The van der Waals surface area contributed by atoms with Gasteiger partial charge in [-0.05, 0) is 60.8 Å². The number of hydrogen-bond donors (Lipinski definition) is 1. The summed E-state index contributed by atoms with van der Waals surface area (Å²) in [6.45, 7) is 0. The van der Waals surface area contributed by atoms with E-state index in [4.69, 9.17) is 11.6 Å². The van der Waals surface area contributed by atoms with Gasteiger partial charge >= 0.3 is 5.97 Å². The topological polar surface area (TPSA) is 72.2 Å². The van der Waals surface area contributed by atoms with Gasteiger partial charge in [0.15, 0.2) is 0 Å². The molecule has 0 spiro atoms. The zero-order valence-electron chi connectivity index (χ0n) is 14.3. The summed E-state index contributed by atoms with van der Waals surface area (Å²) in [5.41, 5.74) is 0.376. The average molecular weight is 503 g/mol. The maximum atomic E-state index is 15.1. The second kappa shape index (κ2) is 6.84. The first-order valence-electron chi connectivity index (χ1n) is 8.83. The Morgan fingerprint density at radius 2 is 2.11 bits per heavy atom. The molecule has 0 bridgehead atoms. The van der Waals surface area contributed by atoms with E-state index < -0.39 is 23.5 Å². The highest BCUT2D eigenvalue weighted by molar-refractivity contribution is 14.1. The third-order valence-electron chi connectivity index (χ3n) is 5.62. The van der Waals surface area contributed by atoms with E-state index in [0.717, 1.165) is 12.0 Å². The summed E-state index contributed by atoms with van der Waals surface area (Å²) >= 11 is 8.36. The number of carbonyl (C=O) groups excluding carboxylic acids is 1. The van der Waals surface area contributed by atoms with Crippen LogP contribution in [0, 0.1) is 9.62 Å². The number of rotatable bonds is 3. The van der Waals surface area contributed by atoms with Gasteiger partial charge in [0.05, 0.1) is 22.2 Å². The van der Waals surface area contributed by atoms with Crippen LogP contribution in [0.2, 0.25) is 5.02 Å². The van der Waals surface area contributed by atoms with Crippen molar-refractivity contribution in [3.8, 4) is 0 Å². The van der Waals surface area contributed by atoms with Crippen LogP contribution in [0.1, 0.15) is 52.9 Å². The molecule has 1 heterocycles. The Labute approximate surface area is 174 Å². The van der Waals surface area contributed by atoms with E-state index in [1.807, 2.05) is 0 Å². The second-order valence-electron chi connectivity index (χ2n) is 7.19. The molecule has 2 aromatic rings. The molecule has 0 unspecified atom stereocenters. The Morgan fingerprint density at radius 3 is 2.74 bits per heavy atom. The van der Waals surface area contributed by atoms with Crippen LogP contribution >= 0.6 is 34.2 Å². The molecule has 4 rings (SSSR count). The van der Waals surface area contributed by atoms with Crippen molar-refractivity contribution >= 4 is 46.1 Å². The number of nitrogens with zero attached hydrogens (tertiary/aromatic N) is 2. The molecule has 1 atom stereocenters. The number of carbonyl (C=O) groups is 2. The van der Waals surface area contributed by atoms with Crippen LogP contribution in [-0.2, 0) is 23.3 Å². The van der Waals surface area contributed by atoms with Crippen molar-refractivity contribution in [3.05, 3.63) is 49.3 Å². The number of carboxylic acids is 1. The molecule has 1 saturated carbocycles. The van der Waals surface area contributed by atoms with Crippen molar-refractivity contribution in [2.24, 2.45) is 5.92 Å². The molecule has 0 saturated heterocycles. The molecule has 142 valence electrons. The van der Waals surface area contributed by atoms with Gasteiger partial charge in [-0.3, -0.25) is 9.59 Å². The highest BCUT2D eigenvalue weighted by Crippen LogP contribution is 2.47. The summed E-state index contributed by atoms with van der Waals surface area (Å²) < 4.78 is 17.1. The van der Waals surface area contributed by atoms with Gasteiger partial charge in [-0.15, -0.1) is 0 Å². The first-order valence-corrected chi connectivity index (χ1v) is 10.3. The molecule has 2 aliphatic rings. The second-order valence-corrected chi connectivity index (χ2v) is 8.62. The molecular weight excluding hydrogens is 486 g/mol. The Balaban J connectivity index is 1.81. The van der Waals surface area contributed by atoms with Gasteiger partial charge in [0.2, 0.25) is 0 Å². The summed E-state index contributed by atoms with van der Waals surface area (Å²) in [5.74, 6) is -1.93. The summed E-state index contributed by atoms with van der Waals surface area (Å²) in [6, 6.07) is 4.83. The first-order chi connectivity index (χ1) is 12.8. The molecule has 2 aliphatic carbocycles. The number of halogens is 3. The number of alkyl halides is 1. The van der Waals surface area contributed by atoms with Crippen LogP contribution in [0.3, 0.4) is 0 Å². The van der Waals surface area contributed by atoms with Crippen molar-refractivity contribution in [1.29, 1.82) is 0 Å². The highest BCUT2D eigenvalue weighted by Gasteiger charge is 2.43. The smallest absolute Gasteiger partial charge is 0.306 e. The SMILES string of the molecule is O=C(O)[C@H]1CCc2c(I)nn(C(=O)c3c(Cl)cccc3C3(F)CCC3)c2C1. The molecule has 0 aliphatic heterocycles. The maximum Gasteiger partial charge on any atom is 0.306 e. The van der Waals surface area contributed by atoms with Gasteiger partial charge in [0.25, 0.3) is 5.91 Å². The lowest BCUT2D eigenvalue weighted by Gasteiger charge is -2.35. The highest BCUT2D eigenvalue weighted by atomic mass is 127. The maximum absolute atomic E-state index is 15.1. The zero-order valence-corrected chi connectivity index (χ0v) is 17.3. The van der Waals surface area contributed by atoms with E-state index >= 15 is 4.39 Å². The third-order valence-corrected chi connectivity index (χ3v) is 6.80. The molecule has 27 heavy (non-hydrogen) atoms. The van der Waals surface area contributed by atoms with Crippen LogP contribution in [0.5, 0.6) is 0 Å². The predicted molar refractivity (Wildman–Crippen MR) is 106 cm³/mol. The minimum atomic E-state index is -1.54. The minimum absolute atomic E-state index is 0.125. The van der Waals surface area contributed by atoms with E-state index in [1.54, 1.807) is 18.2 Å². The Morgan fingerprint density at radius 1 is 1.37 bits per heavy atom. The standard InChI is InChI=1S/C19H17ClFIN2O3/c20-13-4-1-3-12(19(21)7-2-8-19)15(13)17(25)24-14-9-10(18(26)27)5-6-11(14)16(22)23-24/h1,3-4,10H,2,5-9H2,(H,26,27)/t10-/m0/s1. The monoisotopic (exact) mass is 502 g/mol. The molecule has 0 amide bonds. The van der Waals surface area contributed by atoms with E-state index in [9.17, 15) is 14.7 Å². The van der Waals surface area contributed by atoms with Gasteiger partial charge in [-0.2, -0.15) is 9.78 Å². The molecule has 1 fully saturated rings. The van der Waals surface area contributed by atoms with Crippen molar-refractivity contribution in [3.63, 3.8) is 0 Å². The lowest BCUT2D eigenvalue weighted by molar-refractivity contribution is -0.142. The first kappa shape index (κ1) is 18.9. The summed E-state index contributed by atoms with van der Waals surface area (Å²) in [7, 11) is 0. The van der Waals surface area contributed by atoms with E-state index in [1.165, 1.54) is 4.68 Å². The number of fused-ring (bicyclic) bond motifs is 1. The number of aliphatic carboxylic acids is 1. The van der Waals surface area contributed by atoms with Gasteiger partial charge in [-0.25, -0.2) is 4.39 Å². The molecule has 1 aromatic heterocycles. The Kier molecular flexibility index (Phi) is 4.78. The van der Waals surface area contributed by atoms with Gasteiger partial charge in [0, 0.05) is 17.5 Å². The lowest BCUT2D eigenvalue weighted by atomic mass is 9.75. The van der Waals surface area contributed by atoms with Gasteiger partial charge in [-0.1, -0.05) is 23.7 Å². The molecular formula is C19H17ClFIN2O3. The molecule has 8 heteroatoms. The van der Waals surface area contributed by atoms with E-state index in [2.05, 4.69) is 27.7 Å². The van der Waals surface area contributed by atoms with Crippen LogP contribution in [0.4, 0.5) is 4.39 Å². The summed E-state index contributed by atoms with van der Waals surface area (Å²) in [5, 5.41) is 13.9. The van der Waals surface area contributed by atoms with Crippen molar-refractivity contribution < 1.29 is 19.1 Å². The fourth-order valence-corrected chi connectivity index (χ4v) is 4.97.